The van der Waals surface area contributed by atoms with Gasteiger partial charge in [-0.15, -0.1) is 0 Å². The van der Waals surface area contributed by atoms with E-state index in [9.17, 15) is 9.59 Å². The van der Waals surface area contributed by atoms with Crippen LogP contribution in [0.15, 0.2) is 0 Å². The van der Waals surface area contributed by atoms with Gasteiger partial charge in [0, 0.05) is 44.6 Å². The molecule has 0 aromatic heterocycles. The van der Waals surface area contributed by atoms with Gasteiger partial charge in [0.05, 0.1) is 0 Å². The fraction of sp³-hybridized carbons (Fsp3) is 0.867. The van der Waals surface area contributed by atoms with Crippen LogP contribution in [0.3, 0.4) is 0 Å². The maximum atomic E-state index is 12.5. The van der Waals surface area contributed by atoms with Gasteiger partial charge in [-0.2, -0.15) is 0 Å². The summed E-state index contributed by atoms with van der Waals surface area (Å²) in [6.45, 7) is 4.83. The van der Waals surface area contributed by atoms with Crippen LogP contribution in [0.2, 0.25) is 0 Å². The Bertz CT molecular complexity index is 351. The Hall–Kier alpha value is -1.10. The van der Waals surface area contributed by atoms with Crippen molar-refractivity contribution in [3.05, 3.63) is 0 Å². The topological polar surface area (TPSA) is 66.6 Å². The van der Waals surface area contributed by atoms with Crippen molar-refractivity contribution in [3.63, 3.8) is 0 Å². The Morgan fingerprint density at radius 3 is 2.25 bits per heavy atom. The van der Waals surface area contributed by atoms with Gasteiger partial charge in [-0.25, -0.2) is 0 Å². The number of carbonyl (C=O) groups excluding carboxylic acids is 2. The molecule has 2 fully saturated rings. The molecule has 1 heterocycles. The summed E-state index contributed by atoms with van der Waals surface area (Å²) in [5.74, 6) is 0.633. The molecule has 20 heavy (non-hydrogen) atoms. The highest BCUT2D eigenvalue weighted by Crippen LogP contribution is 2.25. The van der Waals surface area contributed by atoms with Gasteiger partial charge >= 0.3 is 0 Å². The van der Waals surface area contributed by atoms with Crippen LogP contribution >= 0.6 is 0 Å². The van der Waals surface area contributed by atoms with E-state index in [1.54, 1.807) is 0 Å². The van der Waals surface area contributed by atoms with E-state index in [4.69, 9.17) is 5.73 Å². The van der Waals surface area contributed by atoms with E-state index in [1.807, 2.05) is 16.7 Å². The fourth-order valence-electron chi connectivity index (χ4n) is 3.24. The highest BCUT2D eigenvalue weighted by molar-refractivity contribution is 5.79. The highest BCUT2D eigenvalue weighted by Gasteiger charge is 2.29. The first kappa shape index (κ1) is 15.3. The SMILES string of the molecule is CCC(=O)N1CCCN(C(=O)C2CCC(N)CC2)CC1. The third kappa shape index (κ3) is 3.72. The number of nitrogens with zero attached hydrogens (tertiary/aromatic N) is 2. The summed E-state index contributed by atoms with van der Waals surface area (Å²) in [6.07, 6.45) is 5.22. The Morgan fingerprint density at radius 1 is 1.00 bits per heavy atom. The zero-order valence-electron chi connectivity index (χ0n) is 12.5. The van der Waals surface area contributed by atoms with Gasteiger partial charge < -0.3 is 15.5 Å². The van der Waals surface area contributed by atoms with Crippen molar-refractivity contribution in [3.8, 4) is 0 Å². The van der Waals surface area contributed by atoms with Crippen LogP contribution in [-0.4, -0.2) is 53.8 Å². The van der Waals surface area contributed by atoms with Gasteiger partial charge in [0.25, 0.3) is 0 Å². The maximum absolute atomic E-state index is 12.5. The molecule has 5 nitrogen and oxygen atoms in total. The molecule has 114 valence electrons. The van der Waals surface area contributed by atoms with Crippen LogP contribution in [0.1, 0.15) is 45.4 Å². The summed E-state index contributed by atoms with van der Waals surface area (Å²) in [7, 11) is 0. The normalized spacial score (nSPS) is 28.1. The Balaban J connectivity index is 1.86. The third-order valence-electron chi connectivity index (χ3n) is 4.58. The van der Waals surface area contributed by atoms with Crippen LogP contribution < -0.4 is 5.73 Å². The lowest BCUT2D eigenvalue weighted by atomic mass is 9.85. The van der Waals surface area contributed by atoms with Crippen molar-refractivity contribution in [2.24, 2.45) is 11.7 Å². The van der Waals surface area contributed by atoms with Crippen LogP contribution in [0.4, 0.5) is 0 Å². The van der Waals surface area contributed by atoms with E-state index in [2.05, 4.69) is 0 Å². The zero-order valence-corrected chi connectivity index (χ0v) is 12.5. The Labute approximate surface area is 121 Å². The lowest BCUT2D eigenvalue weighted by Crippen LogP contribution is -2.41. The lowest BCUT2D eigenvalue weighted by molar-refractivity contribution is -0.137. The monoisotopic (exact) mass is 281 g/mol. The van der Waals surface area contributed by atoms with Crippen LogP contribution in [0, 0.1) is 5.92 Å². The first-order valence-electron chi connectivity index (χ1n) is 7.94. The van der Waals surface area contributed by atoms with E-state index >= 15 is 0 Å². The molecule has 0 radical (unpaired) electrons. The van der Waals surface area contributed by atoms with E-state index in [1.165, 1.54) is 0 Å². The molecule has 1 saturated carbocycles. The minimum absolute atomic E-state index is 0.156. The van der Waals surface area contributed by atoms with Gasteiger partial charge in [0.2, 0.25) is 11.8 Å². The van der Waals surface area contributed by atoms with Crippen molar-refractivity contribution in [2.45, 2.75) is 51.5 Å². The number of nitrogens with two attached hydrogens (primary N) is 1. The minimum Gasteiger partial charge on any atom is -0.341 e. The number of hydrogen-bond donors (Lipinski definition) is 1. The van der Waals surface area contributed by atoms with Crippen LogP contribution in [0.25, 0.3) is 0 Å². The minimum atomic E-state index is 0.156. The molecule has 0 aromatic carbocycles. The van der Waals surface area contributed by atoms with Gasteiger partial charge in [-0.1, -0.05) is 6.92 Å². The largest absolute Gasteiger partial charge is 0.341 e. The van der Waals surface area contributed by atoms with Gasteiger partial charge in [0.15, 0.2) is 0 Å². The van der Waals surface area contributed by atoms with E-state index in [-0.39, 0.29) is 23.8 Å². The molecule has 1 saturated heterocycles. The summed E-state index contributed by atoms with van der Waals surface area (Å²) in [6, 6.07) is 0.279. The molecule has 2 aliphatic rings. The van der Waals surface area contributed by atoms with Crippen LogP contribution in [0.5, 0.6) is 0 Å². The average molecular weight is 281 g/mol. The molecule has 2 rings (SSSR count). The molecule has 5 heteroatoms. The van der Waals surface area contributed by atoms with Gasteiger partial charge in [0.1, 0.15) is 0 Å². The first-order chi connectivity index (χ1) is 9.61. The molecule has 1 aliphatic carbocycles. The van der Waals surface area contributed by atoms with E-state index < -0.39 is 0 Å². The third-order valence-corrected chi connectivity index (χ3v) is 4.58. The standard InChI is InChI=1S/C15H27N3O2/c1-2-14(19)17-8-3-9-18(11-10-17)15(20)12-4-6-13(16)7-5-12/h12-13H,2-11,16H2,1H3. The van der Waals surface area contributed by atoms with E-state index in [0.717, 1.165) is 45.2 Å². The summed E-state index contributed by atoms with van der Waals surface area (Å²) in [5.41, 5.74) is 5.90. The van der Waals surface area contributed by atoms with E-state index in [0.29, 0.717) is 19.5 Å². The molecular formula is C15H27N3O2. The molecular weight excluding hydrogens is 254 g/mol. The van der Waals surface area contributed by atoms with Crippen molar-refractivity contribution >= 4 is 11.8 Å². The predicted molar refractivity (Wildman–Crippen MR) is 78.0 cm³/mol. The zero-order chi connectivity index (χ0) is 14.5. The van der Waals surface area contributed by atoms with Crippen molar-refractivity contribution in [1.29, 1.82) is 0 Å². The molecule has 0 aromatic rings. The second-order valence-corrected chi connectivity index (χ2v) is 6.02. The number of hydrogen-bond acceptors (Lipinski definition) is 3. The van der Waals surface area contributed by atoms with Crippen molar-refractivity contribution in [2.75, 3.05) is 26.2 Å². The smallest absolute Gasteiger partial charge is 0.225 e. The number of rotatable bonds is 2. The molecule has 2 N–H and O–H groups in total. The molecule has 2 amide bonds. The second kappa shape index (κ2) is 7.07. The lowest BCUT2D eigenvalue weighted by Gasteiger charge is -2.30. The maximum Gasteiger partial charge on any atom is 0.225 e. The summed E-state index contributed by atoms with van der Waals surface area (Å²) in [4.78, 5) is 28.1. The highest BCUT2D eigenvalue weighted by atomic mass is 16.2. The predicted octanol–water partition coefficient (Wildman–Crippen LogP) is 0.975. The number of carbonyl (C=O) groups is 2. The molecule has 0 spiro atoms. The fourth-order valence-corrected chi connectivity index (χ4v) is 3.24. The Morgan fingerprint density at radius 2 is 1.60 bits per heavy atom. The summed E-state index contributed by atoms with van der Waals surface area (Å²) < 4.78 is 0. The first-order valence-corrected chi connectivity index (χ1v) is 7.94. The van der Waals surface area contributed by atoms with Gasteiger partial charge in [-0.05, 0) is 32.1 Å². The number of amides is 2. The summed E-state index contributed by atoms with van der Waals surface area (Å²) in [5, 5.41) is 0. The molecule has 0 unspecified atom stereocenters. The molecule has 0 atom stereocenters. The van der Waals surface area contributed by atoms with Crippen molar-refractivity contribution < 1.29 is 9.59 Å². The molecule has 1 aliphatic heterocycles. The average Bonchev–Trinajstić information content (AvgIpc) is 2.72. The quantitative estimate of drug-likeness (QED) is 0.820. The summed E-state index contributed by atoms with van der Waals surface area (Å²) >= 11 is 0. The van der Waals surface area contributed by atoms with Crippen molar-refractivity contribution in [1.82, 2.24) is 9.80 Å². The second-order valence-electron chi connectivity index (χ2n) is 6.02. The molecule has 0 bridgehead atoms. The van der Waals surface area contributed by atoms with Crippen LogP contribution in [-0.2, 0) is 9.59 Å². The van der Waals surface area contributed by atoms with Gasteiger partial charge in [-0.3, -0.25) is 9.59 Å². The Kier molecular flexibility index (Phi) is 5.40.